The van der Waals surface area contributed by atoms with Gasteiger partial charge in [0.2, 0.25) is 0 Å². The molecule has 96 valence electrons. The number of thiazole rings is 1. The summed E-state index contributed by atoms with van der Waals surface area (Å²) >= 11 is 3.12. The van der Waals surface area contributed by atoms with Crippen LogP contribution in [0, 0.1) is 0 Å². The van der Waals surface area contributed by atoms with Gasteiger partial charge in [-0.1, -0.05) is 26.8 Å². The van der Waals surface area contributed by atoms with Gasteiger partial charge in [-0.3, -0.25) is 4.79 Å². The molecule has 0 aliphatic rings. The SMILES string of the molecule is CC(C)(C)c1nc(-c2cccs2)sc1CC(=O)O. The fourth-order valence-corrected chi connectivity index (χ4v) is 3.76. The molecule has 18 heavy (non-hydrogen) atoms. The van der Waals surface area contributed by atoms with Crippen molar-refractivity contribution < 1.29 is 9.90 Å². The summed E-state index contributed by atoms with van der Waals surface area (Å²) < 4.78 is 0. The van der Waals surface area contributed by atoms with E-state index in [1.54, 1.807) is 11.3 Å². The molecule has 0 atom stereocenters. The minimum absolute atomic E-state index is 0.0512. The number of nitrogens with zero attached hydrogens (tertiary/aromatic N) is 1. The summed E-state index contributed by atoms with van der Waals surface area (Å²) in [4.78, 5) is 17.5. The first kappa shape index (κ1) is 13.2. The topological polar surface area (TPSA) is 50.2 Å². The monoisotopic (exact) mass is 281 g/mol. The molecule has 1 N–H and O–H groups in total. The third kappa shape index (κ3) is 2.79. The van der Waals surface area contributed by atoms with Crippen LogP contribution in [0.15, 0.2) is 17.5 Å². The number of hydrogen-bond donors (Lipinski definition) is 1. The number of rotatable bonds is 3. The molecule has 0 aliphatic carbocycles. The number of thiophene rings is 1. The van der Waals surface area contributed by atoms with Gasteiger partial charge in [0.05, 0.1) is 17.0 Å². The molecule has 0 spiro atoms. The van der Waals surface area contributed by atoms with Gasteiger partial charge in [-0.2, -0.15) is 0 Å². The first-order valence-corrected chi connectivity index (χ1v) is 7.33. The molecular weight excluding hydrogens is 266 g/mol. The fraction of sp³-hybridized carbons (Fsp3) is 0.385. The minimum Gasteiger partial charge on any atom is -0.481 e. The average molecular weight is 281 g/mol. The Morgan fingerprint density at radius 1 is 1.44 bits per heavy atom. The van der Waals surface area contributed by atoms with E-state index in [9.17, 15) is 4.79 Å². The lowest BCUT2D eigenvalue weighted by molar-refractivity contribution is -0.136. The highest BCUT2D eigenvalue weighted by Crippen LogP contribution is 2.36. The number of aliphatic carboxylic acids is 1. The van der Waals surface area contributed by atoms with Crippen molar-refractivity contribution in [2.75, 3.05) is 0 Å². The third-order valence-corrected chi connectivity index (χ3v) is 4.55. The van der Waals surface area contributed by atoms with E-state index in [-0.39, 0.29) is 11.8 Å². The maximum absolute atomic E-state index is 10.9. The van der Waals surface area contributed by atoms with Crippen LogP contribution in [-0.4, -0.2) is 16.1 Å². The van der Waals surface area contributed by atoms with Crippen molar-refractivity contribution >= 4 is 28.6 Å². The molecule has 0 amide bonds. The molecule has 0 saturated carbocycles. The Balaban J connectivity index is 2.47. The summed E-state index contributed by atoms with van der Waals surface area (Å²) in [5, 5.41) is 11.9. The van der Waals surface area contributed by atoms with Gasteiger partial charge in [0.15, 0.2) is 0 Å². The Hall–Kier alpha value is -1.20. The van der Waals surface area contributed by atoms with Gasteiger partial charge in [-0.25, -0.2) is 4.98 Å². The largest absolute Gasteiger partial charge is 0.481 e. The first-order valence-electron chi connectivity index (χ1n) is 5.64. The lowest BCUT2D eigenvalue weighted by Gasteiger charge is -2.16. The molecular formula is C13H15NO2S2. The van der Waals surface area contributed by atoms with Crippen LogP contribution in [0.3, 0.4) is 0 Å². The van der Waals surface area contributed by atoms with Gasteiger partial charge in [-0.05, 0) is 11.4 Å². The zero-order valence-corrected chi connectivity index (χ0v) is 12.2. The van der Waals surface area contributed by atoms with Crippen LogP contribution >= 0.6 is 22.7 Å². The van der Waals surface area contributed by atoms with Crippen LogP contribution in [0.25, 0.3) is 9.88 Å². The molecule has 0 aromatic carbocycles. The molecule has 2 aromatic heterocycles. The maximum atomic E-state index is 10.9. The minimum atomic E-state index is -0.804. The van der Waals surface area contributed by atoms with Gasteiger partial charge in [0, 0.05) is 10.3 Å². The van der Waals surface area contributed by atoms with Gasteiger partial charge < -0.3 is 5.11 Å². The second-order valence-electron chi connectivity index (χ2n) is 5.09. The maximum Gasteiger partial charge on any atom is 0.308 e. The molecule has 0 saturated heterocycles. The van der Waals surface area contributed by atoms with Gasteiger partial charge in [0.1, 0.15) is 5.01 Å². The highest BCUT2D eigenvalue weighted by Gasteiger charge is 2.25. The highest BCUT2D eigenvalue weighted by atomic mass is 32.1. The normalized spacial score (nSPS) is 11.7. The van der Waals surface area contributed by atoms with Crippen molar-refractivity contribution in [3.63, 3.8) is 0 Å². The zero-order chi connectivity index (χ0) is 13.3. The van der Waals surface area contributed by atoms with Crippen molar-refractivity contribution in [3.8, 4) is 9.88 Å². The van der Waals surface area contributed by atoms with E-state index >= 15 is 0 Å². The van der Waals surface area contributed by atoms with Crippen LogP contribution in [0.4, 0.5) is 0 Å². The zero-order valence-electron chi connectivity index (χ0n) is 10.6. The Morgan fingerprint density at radius 2 is 2.17 bits per heavy atom. The van der Waals surface area contributed by atoms with E-state index < -0.39 is 5.97 Å². The van der Waals surface area contributed by atoms with E-state index in [1.165, 1.54) is 11.3 Å². The molecule has 0 fully saturated rings. The summed E-state index contributed by atoms with van der Waals surface area (Å²) in [6.07, 6.45) is 0.0512. The lowest BCUT2D eigenvalue weighted by Crippen LogP contribution is -2.15. The van der Waals surface area contributed by atoms with Crippen molar-refractivity contribution in [1.82, 2.24) is 4.98 Å². The van der Waals surface area contributed by atoms with E-state index in [0.29, 0.717) is 0 Å². The molecule has 0 aliphatic heterocycles. The van der Waals surface area contributed by atoms with Crippen LogP contribution in [0.2, 0.25) is 0 Å². The second kappa shape index (κ2) is 4.82. The Bertz CT molecular complexity index is 550. The van der Waals surface area contributed by atoms with E-state index in [4.69, 9.17) is 5.11 Å². The van der Waals surface area contributed by atoms with E-state index in [2.05, 4.69) is 25.8 Å². The van der Waals surface area contributed by atoms with Crippen LogP contribution in [0.1, 0.15) is 31.3 Å². The molecule has 5 heteroatoms. The Kier molecular flexibility index (Phi) is 3.54. The van der Waals surface area contributed by atoms with Crippen LogP contribution < -0.4 is 0 Å². The molecule has 2 rings (SSSR count). The van der Waals surface area contributed by atoms with Crippen molar-refractivity contribution in [2.24, 2.45) is 0 Å². The first-order chi connectivity index (χ1) is 8.38. The second-order valence-corrected chi connectivity index (χ2v) is 7.12. The van der Waals surface area contributed by atoms with Gasteiger partial charge in [-0.15, -0.1) is 22.7 Å². The third-order valence-electron chi connectivity index (χ3n) is 2.45. The lowest BCUT2D eigenvalue weighted by atomic mass is 9.91. The van der Waals surface area contributed by atoms with Gasteiger partial charge >= 0.3 is 5.97 Å². The number of carbonyl (C=O) groups is 1. The predicted molar refractivity (Wildman–Crippen MR) is 75.5 cm³/mol. The standard InChI is InChI=1S/C13H15NO2S2/c1-13(2,3)11-9(7-10(15)16)18-12(14-11)8-5-4-6-17-8/h4-6H,7H2,1-3H3,(H,15,16). The van der Waals surface area contributed by atoms with E-state index in [1.807, 2.05) is 17.5 Å². The summed E-state index contributed by atoms with van der Waals surface area (Å²) in [5.41, 5.74) is 0.773. The Morgan fingerprint density at radius 3 is 2.67 bits per heavy atom. The number of carboxylic acid groups (broad SMARTS) is 1. The summed E-state index contributed by atoms with van der Waals surface area (Å²) in [7, 11) is 0. The number of hydrogen-bond acceptors (Lipinski definition) is 4. The smallest absolute Gasteiger partial charge is 0.308 e. The average Bonchev–Trinajstić information content (AvgIpc) is 2.81. The van der Waals surface area contributed by atoms with Crippen molar-refractivity contribution in [1.29, 1.82) is 0 Å². The molecule has 3 nitrogen and oxygen atoms in total. The fourth-order valence-electron chi connectivity index (χ4n) is 1.70. The molecule has 0 radical (unpaired) electrons. The van der Waals surface area contributed by atoms with E-state index in [0.717, 1.165) is 20.5 Å². The Labute approximate surface area is 114 Å². The van der Waals surface area contributed by atoms with Crippen molar-refractivity contribution in [3.05, 3.63) is 28.1 Å². The summed E-state index contributed by atoms with van der Waals surface area (Å²) in [5.74, 6) is -0.804. The van der Waals surface area contributed by atoms with Gasteiger partial charge in [0.25, 0.3) is 0 Å². The van der Waals surface area contributed by atoms with Crippen molar-refractivity contribution in [2.45, 2.75) is 32.6 Å². The molecule has 0 bridgehead atoms. The summed E-state index contributed by atoms with van der Waals surface area (Å²) in [6.45, 7) is 6.18. The predicted octanol–water partition coefficient (Wildman–Crippen LogP) is 3.80. The highest BCUT2D eigenvalue weighted by molar-refractivity contribution is 7.21. The quantitative estimate of drug-likeness (QED) is 0.931. The van der Waals surface area contributed by atoms with Crippen LogP contribution in [-0.2, 0) is 16.6 Å². The molecule has 2 aromatic rings. The number of aromatic nitrogens is 1. The van der Waals surface area contributed by atoms with Crippen LogP contribution in [0.5, 0.6) is 0 Å². The molecule has 2 heterocycles. The number of carboxylic acids is 1. The molecule has 0 unspecified atom stereocenters. The summed E-state index contributed by atoms with van der Waals surface area (Å²) in [6, 6.07) is 4.00.